The molecule has 0 heterocycles. The fourth-order valence-corrected chi connectivity index (χ4v) is 1.02. The van der Waals surface area contributed by atoms with Crippen molar-refractivity contribution in [1.29, 1.82) is 0 Å². The number of aliphatic hydroxyl groups excluding tert-OH is 2. The van der Waals surface area contributed by atoms with Crippen LogP contribution in [0.5, 0.6) is 0 Å². The van der Waals surface area contributed by atoms with Gasteiger partial charge in [-0.2, -0.15) is 0 Å². The molecule has 8 nitrogen and oxygen atoms in total. The van der Waals surface area contributed by atoms with Gasteiger partial charge in [0.2, 0.25) is 0 Å². The van der Waals surface area contributed by atoms with Gasteiger partial charge in [-0.15, -0.1) is 0 Å². The van der Waals surface area contributed by atoms with Crippen molar-refractivity contribution in [3.63, 3.8) is 0 Å². The average Bonchev–Trinajstić information content (AvgIpc) is 2.22. The minimum Gasteiger partial charge on any atom is -0.480 e. The van der Waals surface area contributed by atoms with E-state index in [1.807, 2.05) is 0 Å². The molecule has 0 aromatic rings. The topological polar surface area (TPSA) is 125 Å². The standard InChI is InChI=1S/C11H21NO7/c1-11(2,3)19-10(17)12-4-7(13)8(14)5-18-6-9(15)16/h7-8,13-14H,4-6H2,1-3H3,(H,12,17)(H,15,16). The van der Waals surface area contributed by atoms with Crippen LogP contribution in [0.15, 0.2) is 0 Å². The third kappa shape index (κ3) is 10.2. The van der Waals surface area contributed by atoms with E-state index in [0.717, 1.165) is 0 Å². The van der Waals surface area contributed by atoms with E-state index in [1.165, 1.54) is 0 Å². The molecular formula is C11H21NO7. The van der Waals surface area contributed by atoms with Gasteiger partial charge in [-0.3, -0.25) is 0 Å². The lowest BCUT2D eigenvalue weighted by atomic mass is 10.2. The highest BCUT2D eigenvalue weighted by Crippen LogP contribution is 2.06. The van der Waals surface area contributed by atoms with E-state index < -0.39 is 36.5 Å². The van der Waals surface area contributed by atoms with E-state index in [1.54, 1.807) is 20.8 Å². The van der Waals surface area contributed by atoms with E-state index in [4.69, 9.17) is 9.84 Å². The summed E-state index contributed by atoms with van der Waals surface area (Å²) in [7, 11) is 0. The molecule has 0 aromatic heterocycles. The second-order valence-corrected chi connectivity index (χ2v) is 4.93. The number of carboxylic acid groups (broad SMARTS) is 1. The van der Waals surface area contributed by atoms with Crippen LogP contribution in [-0.2, 0) is 14.3 Å². The van der Waals surface area contributed by atoms with Gasteiger partial charge in [-0.25, -0.2) is 9.59 Å². The summed E-state index contributed by atoms with van der Waals surface area (Å²) >= 11 is 0. The van der Waals surface area contributed by atoms with Gasteiger partial charge in [-0.05, 0) is 20.8 Å². The first-order valence-electron chi connectivity index (χ1n) is 5.74. The maximum absolute atomic E-state index is 11.3. The summed E-state index contributed by atoms with van der Waals surface area (Å²) in [6.07, 6.45) is -3.29. The number of ether oxygens (including phenoxy) is 2. The van der Waals surface area contributed by atoms with Crippen LogP contribution in [0.25, 0.3) is 0 Å². The molecule has 8 heteroatoms. The summed E-state index contributed by atoms with van der Waals surface area (Å²) in [5, 5.41) is 29.5. The molecule has 0 fully saturated rings. The number of hydrogen-bond acceptors (Lipinski definition) is 6. The van der Waals surface area contributed by atoms with Crippen molar-refractivity contribution < 1.29 is 34.4 Å². The zero-order chi connectivity index (χ0) is 15.1. The molecule has 0 saturated carbocycles. The van der Waals surface area contributed by atoms with Crippen molar-refractivity contribution in [1.82, 2.24) is 5.32 Å². The summed E-state index contributed by atoms with van der Waals surface area (Å²) in [6, 6.07) is 0. The first kappa shape index (κ1) is 17.6. The quantitative estimate of drug-likeness (QED) is 0.487. The molecule has 2 atom stereocenters. The van der Waals surface area contributed by atoms with Gasteiger partial charge in [0.05, 0.1) is 12.7 Å². The second-order valence-electron chi connectivity index (χ2n) is 4.93. The molecule has 0 aliphatic heterocycles. The Bertz CT molecular complexity index is 300. The van der Waals surface area contributed by atoms with Crippen LogP contribution < -0.4 is 5.32 Å². The molecule has 2 unspecified atom stereocenters. The SMILES string of the molecule is CC(C)(C)OC(=O)NCC(O)C(O)COCC(=O)O. The average molecular weight is 279 g/mol. The largest absolute Gasteiger partial charge is 0.480 e. The third-order valence-electron chi connectivity index (χ3n) is 1.81. The van der Waals surface area contributed by atoms with Crippen LogP contribution in [0, 0.1) is 0 Å². The Hall–Kier alpha value is -1.38. The fourth-order valence-electron chi connectivity index (χ4n) is 1.02. The highest BCUT2D eigenvalue weighted by molar-refractivity contribution is 5.68. The van der Waals surface area contributed by atoms with Gasteiger partial charge < -0.3 is 30.1 Å². The van der Waals surface area contributed by atoms with Crippen LogP contribution >= 0.6 is 0 Å². The molecule has 0 spiro atoms. The van der Waals surface area contributed by atoms with Gasteiger partial charge in [0.25, 0.3) is 0 Å². The van der Waals surface area contributed by atoms with E-state index in [2.05, 4.69) is 10.1 Å². The molecule has 0 saturated heterocycles. The lowest BCUT2D eigenvalue weighted by molar-refractivity contribution is -0.144. The molecule has 1 amide bonds. The number of nitrogens with one attached hydrogen (secondary N) is 1. The normalized spacial score (nSPS) is 14.6. The number of carboxylic acids is 1. The fraction of sp³-hybridized carbons (Fsp3) is 0.818. The molecule has 0 aromatic carbocycles. The van der Waals surface area contributed by atoms with E-state index in [9.17, 15) is 19.8 Å². The maximum Gasteiger partial charge on any atom is 0.407 e. The van der Waals surface area contributed by atoms with Crippen molar-refractivity contribution in [2.75, 3.05) is 19.8 Å². The maximum atomic E-state index is 11.3. The summed E-state index contributed by atoms with van der Waals surface area (Å²) in [5.74, 6) is -1.17. The summed E-state index contributed by atoms with van der Waals surface area (Å²) in [6.45, 7) is 3.94. The molecule has 19 heavy (non-hydrogen) atoms. The predicted molar refractivity (Wildman–Crippen MR) is 64.7 cm³/mol. The van der Waals surface area contributed by atoms with E-state index in [-0.39, 0.29) is 13.2 Å². The van der Waals surface area contributed by atoms with Crippen LogP contribution in [-0.4, -0.2) is 64.9 Å². The summed E-state index contributed by atoms with van der Waals surface area (Å²) in [4.78, 5) is 21.4. The van der Waals surface area contributed by atoms with E-state index in [0.29, 0.717) is 0 Å². The van der Waals surface area contributed by atoms with Gasteiger partial charge in [-0.1, -0.05) is 0 Å². The summed E-state index contributed by atoms with van der Waals surface area (Å²) < 4.78 is 9.54. The minimum absolute atomic E-state index is 0.230. The van der Waals surface area contributed by atoms with Crippen molar-refractivity contribution in [2.24, 2.45) is 0 Å². The third-order valence-corrected chi connectivity index (χ3v) is 1.81. The molecule has 0 aliphatic carbocycles. The number of aliphatic hydroxyl groups is 2. The highest BCUT2D eigenvalue weighted by Gasteiger charge is 2.20. The van der Waals surface area contributed by atoms with Crippen molar-refractivity contribution in [2.45, 2.75) is 38.6 Å². The second kappa shape index (κ2) is 7.93. The Labute approximate surface area is 111 Å². The number of alkyl carbamates (subject to hydrolysis) is 1. The molecule has 0 radical (unpaired) electrons. The lowest BCUT2D eigenvalue weighted by Gasteiger charge is -2.22. The van der Waals surface area contributed by atoms with Crippen LogP contribution in [0.1, 0.15) is 20.8 Å². The number of carbonyl (C=O) groups excluding carboxylic acids is 1. The van der Waals surface area contributed by atoms with Crippen molar-refractivity contribution >= 4 is 12.1 Å². The molecular weight excluding hydrogens is 258 g/mol. The number of rotatable bonds is 7. The number of hydrogen-bond donors (Lipinski definition) is 4. The Morgan fingerprint density at radius 1 is 1.21 bits per heavy atom. The van der Waals surface area contributed by atoms with Gasteiger partial charge in [0.15, 0.2) is 0 Å². The molecule has 0 bridgehead atoms. The van der Waals surface area contributed by atoms with Crippen molar-refractivity contribution in [3.8, 4) is 0 Å². The summed E-state index contributed by atoms with van der Waals surface area (Å²) in [5.41, 5.74) is -0.655. The minimum atomic E-state index is -1.30. The first-order valence-corrected chi connectivity index (χ1v) is 5.74. The molecule has 0 aliphatic rings. The molecule has 4 N–H and O–H groups in total. The highest BCUT2D eigenvalue weighted by atomic mass is 16.6. The van der Waals surface area contributed by atoms with Gasteiger partial charge in [0.1, 0.15) is 18.3 Å². The Kier molecular flexibility index (Phi) is 7.35. The Morgan fingerprint density at radius 2 is 1.79 bits per heavy atom. The van der Waals surface area contributed by atoms with Crippen LogP contribution in [0.3, 0.4) is 0 Å². The molecule has 0 rings (SSSR count). The van der Waals surface area contributed by atoms with Gasteiger partial charge in [0, 0.05) is 6.54 Å². The van der Waals surface area contributed by atoms with Crippen molar-refractivity contribution in [3.05, 3.63) is 0 Å². The zero-order valence-corrected chi connectivity index (χ0v) is 11.3. The monoisotopic (exact) mass is 279 g/mol. The van der Waals surface area contributed by atoms with Crippen LogP contribution in [0.2, 0.25) is 0 Å². The predicted octanol–water partition coefficient (Wildman–Crippen LogP) is -0.666. The number of aliphatic carboxylic acids is 1. The Balaban J connectivity index is 3.87. The lowest BCUT2D eigenvalue weighted by Crippen LogP contribution is -2.42. The number of carbonyl (C=O) groups is 2. The zero-order valence-electron chi connectivity index (χ0n) is 11.3. The van der Waals surface area contributed by atoms with Crippen LogP contribution in [0.4, 0.5) is 4.79 Å². The van der Waals surface area contributed by atoms with Gasteiger partial charge >= 0.3 is 12.1 Å². The Morgan fingerprint density at radius 3 is 2.26 bits per heavy atom. The first-order chi connectivity index (χ1) is 8.61. The molecule has 112 valence electrons. The van der Waals surface area contributed by atoms with E-state index >= 15 is 0 Å². The smallest absolute Gasteiger partial charge is 0.407 e. The number of amides is 1.